The van der Waals surface area contributed by atoms with E-state index in [1.807, 2.05) is 0 Å². The number of nitrogens with zero attached hydrogens (tertiary/aromatic N) is 1. The molecule has 2 rings (SSSR count). The maximum absolute atomic E-state index is 5.93. The van der Waals surface area contributed by atoms with Gasteiger partial charge in [0.1, 0.15) is 0 Å². The standard InChI is InChI=1S/C15H24N2/c1-3-12(2)10-17-11-14-7-5-4-6-13(14)8-15(17)9-16/h4-7,12,15H,3,8-11,16H2,1-2H3. The van der Waals surface area contributed by atoms with E-state index < -0.39 is 0 Å². The summed E-state index contributed by atoms with van der Waals surface area (Å²) in [5.41, 5.74) is 8.90. The van der Waals surface area contributed by atoms with Gasteiger partial charge in [0.2, 0.25) is 0 Å². The van der Waals surface area contributed by atoms with E-state index >= 15 is 0 Å². The average molecular weight is 232 g/mol. The highest BCUT2D eigenvalue weighted by Crippen LogP contribution is 2.23. The van der Waals surface area contributed by atoms with E-state index in [9.17, 15) is 0 Å². The fraction of sp³-hybridized carbons (Fsp3) is 0.600. The van der Waals surface area contributed by atoms with Crippen LogP contribution in [0.4, 0.5) is 0 Å². The quantitative estimate of drug-likeness (QED) is 0.864. The van der Waals surface area contributed by atoms with Crippen LogP contribution in [0, 0.1) is 5.92 Å². The zero-order valence-electron chi connectivity index (χ0n) is 11.0. The van der Waals surface area contributed by atoms with E-state index in [2.05, 4.69) is 43.0 Å². The zero-order chi connectivity index (χ0) is 12.3. The molecule has 0 amide bonds. The van der Waals surface area contributed by atoms with Gasteiger partial charge in [-0.15, -0.1) is 0 Å². The van der Waals surface area contributed by atoms with Crippen LogP contribution < -0.4 is 5.73 Å². The minimum Gasteiger partial charge on any atom is -0.329 e. The summed E-state index contributed by atoms with van der Waals surface area (Å²) in [7, 11) is 0. The lowest BCUT2D eigenvalue weighted by atomic mass is 9.93. The Morgan fingerprint density at radius 1 is 1.35 bits per heavy atom. The predicted octanol–water partition coefficient (Wildman–Crippen LogP) is 2.42. The van der Waals surface area contributed by atoms with Gasteiger partial charge in [-0.05, 0) is 23.5 Å². The van der Waals surface area contributed by atoms with Gasteiger partial charge in [-0.2, -0.15) is 0 Å². The van der Waals surface area contributed by atoms with Gasteiger partial charge in [-0.3, -0.25) is 4.90 Å². The normalized spacial score (nSPS) is 22.2. The highest BCUT2D eigenvalue weighted by atomic mass is 15.2. The Balaban J connectivity index is 2.12. The number of benzene rings is 1. The maximum Gasteiger partial charge on any atom is 0.0262 e. The third-order valence-corrected chi connectivity index (χ3v) is 3.98. The summed E-state index contributed by atoms with van der Waals surface area (Å²) in [5.74, 6) is 0.759. The Morgan fingerprint density at radius 2 is 2.06 bits per heavy atom. The SMILES string of the molecule is CCC(C)CN1Cc2ccccc2CC1CN. The minimum atomic E-state index is 0.527. The molecule has 2 heteroatoms. The van der Waals surface area contributed by atoms with E-state index in [0.29, 0.717) is 6.04 Å². The fourth-order valence-corrected chi connectivity index (χ4v) is 2.62. The maximum atomic E-state index is 5.93. The number of fused-ring (bicyclic) bond motifs is 1. The molecule has 2 N–H and O–H groups in total. The van der Waals surface area contributed by atoms with E-state index in [0.717, 1.165) is 25.4 Å². The molecule has 1 aliphatic rings. The van der Waals surface area contributed by atoms with Gasteiger partial charge in [0.15, 0.2) is 0 Å². The van der Waals surface area contributed by atoms with Gasteiger partial charge >= 0.3 is 0 Å². The third kappa shape index (κ3) is 2.88. The first kappa shape index (κ1) is 12.6. The first-order valence-corrected chi connectivity index (χ1v) is 6.75. The van der Waals surface area contributed by atoms with Crippen LogP contribution in [-0.4, -0.2) is 24.0 Å². The lowest BCUT2D eigenvalue weighted by Gasteiger charge is -2.37. The van der Waals surface area contributed by atoms with Gasteiger partial charge in [-0.1, -0.05) is 44.5 Å². The topological polar surface area (TPSA) is 29.3 Å². The summed E-state index contributed by atoms with van der Waals surface area (Å²) in [4.78, 5) is 2.57. The second kappa shape index (κ2) is 5.65. The van der Waals surface area contributed by atoms with E-state index in [-0.39, 0.29) is 0 Å². The van der Waals surface area contributed by atoms with Crippen molar-refractivity contribution >= 4 is 0 Å². The van der Waals surface area contributed by atoms with Gasteiger partial charge in [0, 0.05) is 25.7 Å². The number of hydrogen-bond donors (Lipinski definition) is 1. The van der Waals surface area contributed by atoms with Crippen LogP contribution in [0.15, 0.2) is 24.3 Å². The summed E-state index contributed by atoms with van der Waals surface area (Å²) in [6.45, 7) is 7.61. The number of hydrogen-bond acceptors (Lipinski definition) is 2. The molecule has 2 unspecified atom stereocenters. The zero-order valence-corrected chi connectivity index (χ0v) is 11.0. The van der Waals surface area contributed by atoms with Crippen molar-refractivity contribution in [3.05, 3.63) is 35.4 Å². The molecule has 0 radical (unpaired) electrons. The van der Waals surface area contributed by atoms with Gasteiger partial charge in [-0.25, -0.2) is 0 Å². The molecular formula is C15H24N2. The van der Waals surface area contributed by atoms with Crippen molar-refractivity contribution in [2.24, 2.45) is 11.7 Å². The van der Waals surface area contributed by atoms with E-state index in [4.69, 9.17) is 5.73 Å². The summed E-state index contributed by atoms with van der Waals surface area (Å²) in [5, 5.41) is 0. The molecule has 0 spiro atoms. The lowest BCUT2D eigenvalue weighted by molar-refractivity contribution is 0.151. The van der Waals surface area contributed by atoms with Crippen LogP contribution in [0.1, 0.15) is 31.4 Å². The molecule has 0 aromatic heterocycles. The Bertz CT molecular complexity index is 362. The van der Waals surface area contributed by atoms with Gasteiger partial charge in [0.05, 0.1) is 0 Å². The molecular weight excluding hydrogens is 208 g/mol. The number of rotatable bonds is 4. The monoisotopic (exact) mass is 232 g/mol. The fourth-order valence-electron chi connectivity index (χ4n) is 2.62. The highest BCUT2D eigenvalue weighted by molar-refractivity contribution is 5.30. The van der Waals surface area contributed by atoms with Crippen molar-refractivity contribution in [3.63, 3.8) is 0 Å². The van der Waals surface area contributed by atoms with Gasteiger partial charge < -0.3 is 5.73 Å². The van der Waals surface area contributed by atoms with E-state index in [1.165, 1.54) is 24.1 Å². The molecule has 2 atom stereocenters. The predicted molar refractivity (Wildman–Crippen MR) is 72.9 cm³/mol. The molecule has 0 fully saturated rings. The summed E-state index contributed by atoms with van der Waals surface area (Å²) in [6, 6.07) is 9.31. The summed E-state index contributed by atoms with van der Waals surface area (Å²) in [6.07, 6.45) is 2.36. The Hall–Kier alpha value is -0.860. The van der Waals surface area contributed by atoms with Crippen LogP contribution in [0.3, 0.4) is 0 Å². The van der Waals surface area contributed by atoms with Crippen LogP contribution in [-0.2, 0) is 13.0 Å². The molecule has 1 aromatic carbocycles. The van der Waals surface area contributed by atoms with Crippen molar-refractivity contribution in [3.8, 4) is 0 Å². The van der Waals surface area contributed by atoms with Crippen LogP contribution >= 0.6 is 0 Å². The highest BCUT2D eigenvalue weighted by Gasteiger charge is 2.25. The van der Waals surface area contributed by atoms with Gasteiger partial charge in [0.25, 0.3) is 0 Å². The molecule has 0 saturated carbocycles. The molecule has 2 nitrogen and oxygen atoms in total. The minimum absolute atomic E-state index is 0.527. The van der Waals surface area contributed by atoms with Crippen LogP contribution in [0.25, 0.3) is 0 Å². The van der Waals surface area contributed by atoms with Crippen molar-refractivity contribution in [2.75, 3.05) is 13.1 Å². The second-order valence-corrected chi connectivity index (χ2v) is 5.31. The largest absolute Gasteiger partial charge is 0.329 e. The summed E-state index contributed by atoms with van der Waals surface area (Å²) < 4.78 is 0. The molecule has 0 saturated heterocycles. The lowest BCUT2D eigenvalue weighted by Crippen LogP contribution is -2.46. The molecule has 0 aliphatic carbocycles. The Labute approximate surface area is 105 Å². The van der Waals surface area contributed by atoms with Crippen LogP contribution in [0.5, 0.6) is 0 Å². The number of nitrogens with two attached hydrogens (primary N) is 1. The van der Waals surface area contributed by atoms with Crippen molar-refractivity contribution < 1.29 is 0 Å². The molecule has 1 aliphatic heterocycles. The van der Waals surface area contributed by atoms with Crippen molar-refractivity contribution in [2.45, 2.75) is 39.3 Å². The Morgan fingerprint density at radius 3 is 2.71 bits per heavy atom. The molecule has 17 heavy (non-hydrogen) atoms. The second-order valence-electron chi connectivity index (χ2n) is 5.31. The molecule has 94 valence electrons. The molecule has 1 heterocycles. The summed E-state index contributed by atoms with van der Waals surface area (Å²) >= 11 is 0. The van der Waals surface area contributed by atoms with E-state index in [1.54, 1.807) is 0 Å². The Kier molecular flexibility index (Phi) is 4.19. The first-order valence-electron chi connectivity index (χ1n) is 6.75. The van der Waals surface area contributed by atoms with Crippen molar-refractivity contribution in [1.82, 2.24) is 4.90 Å². The smallest absolute Gasteiger partial charge is 0.0262 e. The molecule has 1 aromatic rings. The average Bonchev–Trinajstić information content (AvgIpc) is 2.37. The third-order valence-electron chi connectivity index (χ3n) is 3.98. The first-order chi connectivity index (χ1) is 8.24. The van der Waals surface area contributed by atoms with Crippen LogP contribution in [0.2, 0.25) is 0 Å². The molecule has 0 bridgehead atoms. The van der Waals surface area contributed by atoms with Crippen molar-refractivity contribution in [1.29, 1.82) is 0 Å².